The first-order valence-electron chi connectivity index (χ1n) is 7.37. The number of halogens is 1. The van der Waals surface area contributed by atoms with Crippen molar-refractivity contribution in [2.45, 2.75) is 39.7 Å². The zero-order chi connectivity index (χ0) is 13.8. The van der Waals surface area contributed by atoms with Crippen LogP contribution < -0.4 is 10.2 Å². The molecular formula is C16H25FN2. The van der Waals surface area contributed by atoms with E-state index in [-0.39, 0.29) is 5.82 Å². The number of anilines is 1. The van der Waals surface area contributed by atoms with Crippen LogP contribution in [0.2, 0.25) is 0 Å². The summed E-state index contributed by atoms with van der Waals surface area (Å²) in [6.07, 6.45) is 2.12. The van der Waals surface area contributed by atoms with Gasteiger partial charge in [-0.1, -0.05) is 26.8 Å². The Morgan fingerprint density at radius 1 is 1.32 bits per heavy atom. The molecule has 0 aromatic heterocycles. The number of rotatable bonds is 6. The highest BCUT2D eigenvalue weighted by molar-refractivity contribution is 5.59. The van der Waals surface area contributed by atoms with Crippen molar-refractivity contribution in [3.8, 4) is 0 Å². The third kappa shape index (κ3) is 3.47. The zero-order valence-electron chi connectivity index (χ0n) is 12.2. The fraction of sp³-hybridized carbons (Fsp3) is 0.625. The van der Waals surface area contributed by atoms with E-state index >= 15 is 0 Å². The third-order valence-electron chi connectivity index (χ3n) is 3.82. The first-order chi connectivity index (χ1) is 9.11. The van der Waals surface area contributed by atoms with Crippen molar-refractivity contribution in [3.63, 3.8) is 0 Å². The van der Waals surface area contributed by atoms with Crippen LogP contribution in [0.1, 0.15) is 32.8 Å². The quantitative estimate of drug-likeness (QED) is 0.848. The minimum atomic E-state index is -0.129. The van der Waals surface area contributed by atoms with Gasteiger partial charge in [0.2, 0.25) is 0 Å². The molecule has 0 saturated heterocycles. The number of nitrogens with zero attached hydrogens (tertiary/aromatic N) is 1. The molecule has 1 unspecified atom stereocenters. The predicted octanol–water partition coefficient (Wildman–Crippen LogP) is 3.21. The molecule has 0 aliphatic carbocycles. The molecule has 106 valence electrons. The second-order valence-corrected chi connectivity index (χ2v) is 5.83. The van der Waals surface area contributed by atoms with Crippen molar-refractivity contribution in [1.29, 1.82) is 0 Å². The maximum absolute atomic E-state index is 13.4. The summed E-state index contributed by atoms with van der Waals surface area (Å²) >= 11 is 0. The summed E-state index contributed by atoms with van der Waals surface area (Å²) in [5.74, 6) is 0.538. The summed E-state index contributed by atoms with van der Waals surface area (Å²) in [6, 6.07) is 5.65. The molecule has 19 heavy (non-hydrogen) atoms. The normalized spacial score (nSPS) is 15.9. The molecule has 1 aromatic rings. The Morgan fingerprint density at radius 2 is 2.11 bits per heavy atom. The maximum atomic E-state index is 13.4. The van der Waals surface area contributed by atoms with Crippen molar-refractivity contribution < 1.29 is 4.39 Å². The Balaban J connectivity index is 2.03. The predicted molar refractivity (Wildman–Crippen MR) is 79.2 cm³/mol. The minimum Gasteiger partial charge on any atom is -0.367 e. The van der Waals surface area contributed by atoms with E-state index in [1.807, 2.05) is 6.07 Å². The molecule has 0 saturated carbocycles. The van der Waals surface area contributed by atoms with Crippen LogP contribution in [0.15, 0.2) is 18.2 Å². The lowest BCUT2D eigenvalue weighted by atomic mass is 10.1. The van der Waals surface area contributed by atoms with Gasteiger partial charge in [-0.2, -0.15) is 0 Å². The molecule has 1 N–H and O–H groups in total. The van der Waals surface area contributed by atoms with Crippen molar-refractivity contribution in [1.82, 2.24) is 5.32 Å². The first kappa shape index (κ1) is 14.3. The molecule has 1 aliphatic heterocycles. The van der Waals surface area contributed by atoms with Crippen molar-refractivity contribution in [2.24, 2.45) is 5.92 Å². The number of fused-ring (bicyclic) bond motifs is 1. The zero-order valence-corrected chi connectivity index (χ0v) is 12.2. The monoisotopic (exact) mass is 264 g/mol. The van der Waals surface area contributed by atoms with Crippen molar-refractivity contribution in [3.05, 3.63) is 29.6 Å². The van der Waals surface area contributed by atoms with Gasteiger partial charge < -0.3 is 10.2 Å². The molecule has 0 bridgehead atoms. The molecule has 0 fully saturated rings. The number of nitrogens with one attached hydrogen (secondary N) is 1. The molecule has 1 aliphatic rings. The first-order valence-corrected chi connectivity index (χ1v) is 7.37. The number of hydrogen-bond donors (Lipinski definition) is 1. The molecule has 0 amide bonds. The van der Waals surface area contributed by atoms with E-state index in [1.165, 1.54) is 5.56 Å². The highest BCUT2D eigenvalue weighted by Gasteiger charge is 2.25. The Labute approximate surface area is 116 Å². The summed E-state index contributed by atoms with van der Waals surface area (Å²) in [5.41, 5.74) is 2.38. The summed E-state index contributed by atoms with van der Waals surface area (Å²) in [7, 11) is 0. The highest BCUT2D eigenvalue weighted by Crippen LogP contribution is 2.30. The van der Waals surface area contributed by atoms with Gasteiger partial charge in [-0.25, -0.2) is 4.39 Å². The fourth-order valence-corrected chi connectivity index (χ4v) is 2.77. The van der Waals surface area contributed by atoms with E-state index in [0.29, 0.717) is 12.0 Å². The van der Waals surface area contributed by atoms with Gasteiger partial charge in [-0.05, 0) is 43.0 Å². The lowest BCUT2D eigenvalue weighted by Crippen LogP contribution is -2.42. The molecule has 1 heterocycles. The van der Waals surface area contributed by atoms with Crippen LogP contribution in [-0.2, 0) is 6.42 Å². The van der Waals surface area contributed by atoms with Gasteiger partial charge in [-0.3, -0.25) is 0 Å². The van der Waals surface area contributed by atoms with Crippen LogP contribution in [-0.4, -0.2) is 25.7 Å². The molecule has 2 rings (SSSR count). The highest BCUT2D eigenvalue weighted by atomic mass is 19.1. The van der Waals surface area contributed by atoms with Crippen molar-refractivity contribution >= 4 is 5.69 Å². The largest absolute Gasteiger partial charge is 0.367 e. The second-order valence-electron chi connectivity index (χ2n) is 5.83. The van der Waals surface area contributed by atoms with Crippen LogP contribution in [0.3, 0.4) is 0 Å². The van der Waals surface area contributed by atoms with E-state index in [2.05, 4.69) is 31.0 Å². The van der Waals surface area contributed by atoms with Gasteiger partial charge >= 0.3 is 0 Å². The van der Waals surface area contributed by atoms with E-state index in [0.717, 1.165) is 38.2 Å². The second kappa shape index (κ2) is 6.38. The van der Waals surface area contributed by atoms with Crippen LogP contribution >= 0.6 is 0 Å². The Kier molecular flexibility index (Phi) is 4.81. The van der Waals surface area contributed by atoms with E-state index in [9.17, 15) is 4.39 Å². The Hall–Kier alpha value is -1.09. The fourth-order valence-electron chi connectivity index (χ4n) is 2.77. The minimum absolute atomic E-state index is 0.129. The summed E-state index contributed by atoms with van der Waals surface area (Å²) in [6.45, 7) is 9.67. The maximum Gasteiger partial charge on any atom is 0.125 e. The Morgan fingerprint density at radius 3 is 2.79 bits per heavy atom. The van der Waals surface area contributed by atoms with Gasteiger partial charge in [0.05, 0.1) is 0 Å². The van der Waals surface area contributed by atoms with Gasteiger partial charge in [0.15, 0.2) is 0 Å². The third-order valence-corrected chi connectivity index (χ3v) is 3.82. The summed E-state index contributed by atoms with van der Waals surface area (Å²) in [4.78, 5) is 2.37. The lowest BCUT2D eigenvalue weighted by Gasteiger charge is -2.30. The Bertz CT molecular complexity index is 417. The molecule has 3 heteroatoms. The van der Waals surface area contributed by atoms with E-state index < -0.39 is 0 Å². The average molecular weight is 264 g/mol. The standard InChI is InChI=1S/C16H25FN2/c1-4-15(11-18-10-12(2)3)19-8-7-13-5-6-14(17)9-16(13)19/h5-6,9,12,15,18H,4,7-8,10-11H2,1-3H3. The van der Waals surface area contributed by atoms with Gasteiger partial charge in [0.1, 0.15) is 5.82 Å². The van der Waals surface area contributed by atoms with Gasteiger partial charge in [0.25, 0.3) is 0 Å². The number of benzene rings is 1. The van der Waals surface area contributed by atoms with E-state index in [1.54, 1.807) is 12.1 Å². The van der Waals surface area contributed by atoms with Crippen LogP contribution in [0.25, 0.3) is 0 Å². The van der Waals surface area contributed by atoms with Crippen LogP contribution in [0, 0.1) is 11.7 Å². The average Bonchev–Trinajstić information content (AvgIpc) is 2.77. The molecule has 0 spiro atoms. The molecule has 1 atom stereocenters. The smallest absolute Gasteiger partial charge is 0.125 e. The molecule has 1 aromatic carbocycles. The summed E-state index contributed by atoms with van der Waals surface area (Å²) in [5, 5.41) is 3.52. The summed E-state index contributed by atoms with van der Waals surface area (Å²) < 4.78 is 13.4. The van der Waals surface area contributed by atoms with Crippen LogP contribution in [0.5, 0.6) is 0 Å². The molecule has 0 radical (unpaired) electrons. The van der Waals surface area contributed by atoms with E-state index in [4.69, 9.17) is 0 Å². The topological polar surface area (TPSA) is 15.3 Å². The lowest BCUT2D eigenvalue weighted by molar-refractivity contribution is 0.488. The molecular weight excluding hydrogens is 239 g/mol. The van der Waals surface area contributed by atoms with Gasteiger partial charge in [0, 0.05) is 24.8 Å². The molecule has 2 nitrogen and oxygen atoms in total. The number of hydrogen-bond acceptors (Lipinski definition) is 2. The SMILES string of the molecule is CCC(CNCC(C)C)N1CCc2ccc(F)cc21. The van der Waals surface area contributed by atoms with Crippen LogP contribution in [0.4, 0.5) is 10.1 Å². The van der Waals surface area contributed by atoms with Gasteiger partial charge in [-0.15, -0.1) is 0 Å². The van der Waals surface area contributed by atoms with Crippen molar-refractivity contribution in [2.75, 3.05) is 24.5 Å².